The largest absolute Gasteiger partial charge is 0.481 e. The van der Waals surface area contributed by atoms with E-state index in [2.05, 4.69) is 27.4 Å². The number of nitrogens with zero attached hydrogens (tertiary/aromatic N) is 3. The second-order valence-electron chi connectivity index (χ2n) is 17.2. The Morgan fingerprint density at radius 3 is 2.33 bits per heavy atom. The van der Waals surface area contributed by atoms with Crippen LogP contribution in [0.5, 0.6) is 0 Å². The molecule has 58 heavy (non-hydrogen) atoms. The van der Waals surface area contributed by atoms with Gasteiger partial charge in [0.2, 0.25) is 11.8 Å². The number of nitrogens with one attached hydrogen (secondary N) is 2. The number of aromatic nitrogens is 1. The first-order valence-electron chi connectivity index (χ1n) is 21.2. The molecule has 324 valence electrons. The van der Waals surface area contributed by atoms with E-state index in [4.69, 9.17) is 10.5 Å². The Bertz CT molecular complexity index is 1650. The van der Waals surface area contributed by atoms with E-state index in [0.717, 1.165) is 50.6 Å². The zero-order valence-electron chi connectivity index (χ0n) is 36.3. The number of amides is 3. The Balaban J connectivity index is 1.92. The highest BCUT2D eigenvalue weighted by molar-refractivity contribution is 7.09. The average molecular weight is 827 g/mol. The molecule has 1 aromatic carbocycles. The minimum Gasteiger partial charge on any atom is -0.481 e. The van der Waals surface area contributed by atoms with Gasteiger partial charge in [-0.15, -0.1) is 11.3 Å². The summed E-state index contributed by atoms with van der Waals surface area (Å²) >= 11 is 1.19. The molecule has 1 aliphatic rings. The number of aliphatic carboxylic acids is 1. The lowest BCUT2D eigenvalue weighted by molar-refractivity contribution is -0.150. The van der Waals surface area contributed by atoms with Crippen LogP contribution in [0, 0.1) is 17.3 Å². The first-order valence-corrected chi connectivity index (χ1v) is 22.1. The van der Waals surface area contributed by atoms with E-state index in [1.807, 2.05) is 51.8 Å². The minimum atomic E-state index is -1.12. The molecule has 1 aliphatic heterocycles. The van der Waals surface area contributed by atoms with Gasteiger partial charge in [-0.2, -0.15) is 0 Å². The maximum Gasteiger partial charge on any atom is 0.309 e. The lowest BCUT2D eigenvalue weighted by Crippen LogP contribution is -2.56. The van der Waals surface area contributed by atoms with Crippen LogP contribution in [0.25, 0.3) is 0 Å². The molecule has 0 bridgehead atoms. The van der Waals surface area contributed by atoms with E-state index in [-0.39, 0.29) is 54.3 Å². The lowest BCUT2D eigenvalue weighted by atomic mass is 9.84. The molecular weight excluding hydrogens is 757 g/mol. The molecule has 0 saturated carbocycles. The van der Waals surface area contributed by atoms with Crippen molar-refractivity contribution in [3.05, 3.63) is 45.9 Å². The number of carboxylic acid groups (broad SMARTS) is 1. The Kier molecular flexibility index (Phi) is 19.1. The molecule has 1 aromatic heterocycles. The number of esters is 1. The molecule has 3 amide bonds. The van der Waals surface area contributed by atoms with Gasteiger partial charge in [-0.1, -0.05) is 72.4 Å². The summed E-state index contributed by atoms with van der Waals surface area (Å²) < 4.78 is 5.91. The highest BCUT2D eigenvalue weighted by atomic mass is 32.1. The molecular formula is C44H70N6O7S. The lowest BCUT2D eigenvalue weighted by Gasteiger charge is -2.39. The molecule has 3 rings (SSSR count). The molecule has 1 saturated heterocycles. The van der Waals surface area contributed by atoms with Gasteiger partial charge in [-0.05, 0) is 89.1 Å². The van der Waals surface area contributed by atoms with E-state index < -0.39 is 41.4 Å². The number of carbonyl (C=O) groups excluding carboxylic acids is 4. The van der Waals surface area contributed by atoms with Crippen LogP contribution >= 0.6 is 11.3 Å². The van der Waals surface area contributed by atoms with E-state index in [1.54, 1.807) is 31.4 Å². The first kappa shape index (κ1) is 48.3. The zero-order valence-corrected chi connectivity index (χ0v) is 37.2. The highest BCUT2D eigenvalue weighted by Gasteiger charge is 2.38. The molecule has 0 radical (unpaired) electrons. The predicted octanol–water partition coefficient (Wildman–Crippen LogP) is 7.01. The monoisotopic (exact) mass is 827 g/mol. The van der Waals surface area contributed by atoms with Crippen LogP contribution in [-0.2, 0) is 30.3 Å². The predicted molar refractivity (Wildman–Crippen MR) is 229 cm³/mol. The molecule has 6 atom stereocenters. The number of nitrogens with two attached hydrogens (primary N) is 1. The number of benzene rings is 1. The highest BCUT2D eigenvalue weighted by Crippen LogP contribution is 2.32. The maximum absolute atomic E-state index is 14.8. The van der Waals surface area contributed by atoms with Gasteiger partial charge < -0.3 is 36.0 Å². The van der Waals surface area contributed by atoms with Gasteiger partial charge in [-0.3, -0.25) is 24.0 Å². The third-order valence-electron chi connectivity index (χ3n) is 11.5. The van der Waals surface area contributed by atoms with Crippen LogP contribution in [0.4, 0.5) is 5.69 Å². The van der Waals surface area contributed by atoms with Gasteiger partial charge in [0, 0.05) is 55.5 Å². The van der Waals surface area contributed by atoms with Gasteiger partial charge in [0.05, 0.1) is 5.41 Å². The number of thiazole rings is 1. The SMILES string of the molecule is CCCCCCN(C(=O)[C@@H](NC(=O)C[C@@H]1CCCN1C)[C@@H](C)CC)[C@H](C[C@@H](OC(C)=O)c1nc(C(=O)N[C@@H](Cc2ccc(N)cc2)CC(C)(C)C(=O)O)cs1)C(C)C. The van der Waals surface area contributed by atoms with E-state index in [0.29, 0.717) is 36.5 Å². The Labute approximate surface area is 350 Å². The second kappa shape index (κ2) is 22.9. The zero-order chi connectivity index (χ0) is 43.2. The Hall–Kier alpha value is -4.04. The number of hydrogen-bond donors (Lipinski definition) is 4. The molecule has 2 aromatic rings. The molecule has 0 spiro atoms. The number of carbonyl (C=O) groups is 5. The fourth-order valence-electron chi connectivity index (χ4n) is 7.69. The van der Waals surface area contributed by atoms with E-state index in [1.165, 1.54) is 18.3 Å². The summed E-state index contributed by atoms with van der Waals surface area (Å²) in [5.74, 6) is -2.41. The van der Waals surface area contributed by atoms with Crippen LogP contribution in [0.2, 0.25) is 0 Å². The van der Waals surface area contributed by atoms with Crippen molar-refractivity contribution < 1.29 is 33.8 Å². The number of anilines is 1. The molecule has 13 nitrogen and oxygen atoms in total. The summed E-state index contributed by atoms with van der Waals surface area (Å²) in [5.41, 5.74) is 6.37. The Morgan fingerprint density at radius 2 is 1.76 bits per heavy atom. The number of nitrogen functional groups attached to an aromatic ring is 1. The fourth-order valence-corrected chi connectivity index (χ4v) is 8.53. The summed E-state index contributed by atoms with van der Waals surface area (Å²) in [6.07, 6.45) is 6.78. The fraction of sp³-hybridized carbons (Fsp3) is 0.682. The van der Waals surface area contributed by atoms with Crippen molar-refractivity contribution in [2.75, 3.05) is 25.9 Å². The average Bonchev–Trinajstić information content (AvgIpc) is 3.82. The number of ether oxygens (including phenoxy) is 1. The maximum atomic E-state index is 14.8. The van der Waals surface area contributed by atoms with E-state index in [9.17, 15) is 29.1 Å². The van der Waals surface area contributed by atoms with Gasteiger partial charge in [-0.25, -0.2) is 4.98 Å². The van der Waals surface area contributed by atoms with E-state index >= 15 is 0 Å². The Morgan fingerprint density at radius 1 is 1.07 bits per heavy atom. The quantitative estimate of drug-likeness (QED) is 0.0488. The third-order valence-corrected chi connectivity index (χ3v) is 12.5. The molecule has 1 fully saturated rings. The summed E-state index contributed by atoms with van der Waals surface area (Å²) in [7, 11) is 2.04. The summed E-state index contributed by atoms with van der Waals surface area (Å²) in [6.45, 7) is 16.2. The summed E-state index contributed by atoms with van der Waals surface area (Å²) in [6, 6.07) is 5.75. The van der Waals surface area contributed by atoms with Crippen LogP contribution in [0.1, 0.15) is 147 Å². The normalized spacial score (nSPS) is 17.2. The second-order valence-corrected chi connectivity index (χ2v) is 18.1. The summed E-state index contributed by atoms with van der Waals surface area (Å²) in [4.78, 5) is 75.5. The topological polar surface area (TPSA) is 184 Å². The van der Waals surface area contributed by atoms with Crippen LogP contribution in [-0.4, -0.2) is 93.9 Å². The van der Waals surface area contributed by atoms with Gasteiger partial charge >= 0.3 is 11.9 Å². The standard InChI is InChI=1S/C44H70N6O7S/c1-10-12-13-14-22-50(42(54)39(29(5)11-2)48-38(52)24-34-16-15-21-49(34)9)36(28(3)4)25-37(57-30(6)51)41-47-35(27-58-41)40(53)46-33(26-44(7,8)43(55)56)23-31-17-19-32(45)20-18-31/h17-20,27-29,33-34,36-37,39H,10-16,21-26,45H2,1-9H3,(H,46,53)(H,48,52)(H,55,56)/t29-,33-,34-,36+,37+,39-/m0/s1. The van der Waals surface area contributed by atoms with Crippen molar-refractivity contribution >= 4 is 46.7 Å². The van der Waals surface area contributed by atoms with Crippen molar-refractivity contribution in [1.82, 2.24) is 25.4 Å². The number of likely N-dealkylation sites (tertiary alicyclic amines) is 1. The van der Waals surface area contributed by atoms with Gasteiger partial charge in [0.25, 0.3) is 5.91 Å². The van der Waals surface area contributed by atoms with Gasteiger partial charge in [0.15, 0.2) is 6.10 Å². The van der Waals surface area contributed by atoms with Crippen molar-refractivity contribution in [3.63, 3.8) is 0 Å². The minimum absolute atomic E-state index is 0.0528. The first-order chi connectivity index (χ1) is 27.4. The molecule has 14 heteroatoms. The number of unbranched alkanes of at least 4 members (excludes halogenated alkanes) is 3. The third kappa shape index (κ3) is 14.7. The van der Waals surface area contributed by atoms with Crippen molar-refractivity contribution in [1.29, 1.82) is 0 Å². The number of carboxylic acids is 1. The number of hydrogen-bond acceptors (Lipinski definition) is 10. The number of rotatable bonds is 24. The van der Waals surface area contributed by atoms with Crippen molar-refractivity contribution in [2.45, 2.75) is 156 Å². The smallest absolute Gasteiger partial charge is 0.309 e. The molecule has 2 heterocycles. The van der Waals surface area contributed by atoms with Crippen molar-refractivity contribution in [2.24, 2.45) is 17.3 Å². The van der Waals surface area contributed by atoms with Gasteiger partial charge in [0.1, 0.15) is 16.7 Å². The molecule has 0 aliphatic carbocycles. The van der Waals surface area contributed by atoms with Crippen LogP contribution < -0.4 is 16.4 Å². The van der Waals surface area contributed by atoms with Crippen LogP contribution in [0.3, 0.4) is 0 Å². The summed E-state index contributed by atoms with van der Waals surface area (Å²) in [5, 5.41) is 18.1. The van der Waals surface area contributed by atoms with Crippen molar-refractivity contribution in [3.8, 4) is 0 Å². The molecule has 5 N–H and O–H groups in total. The van der Waals surface area contributed by atoms with Crippen LogP contribution in [0.15, 0.2) is 29.6 Å². The molecule has 0 unspecified atom stereocenters.